The van der Waals surface area contributed by atoms with E-state index in [1.165, 1.54) is 12.7 Å². The van der Waals surface area contributed by atoms with Gasteiger partial charge in [-0.1, -0.05) is 41.9 Å². The highest BCUT2D eigenvalue weighted by Crippen LogP contribution is 2.18. The lowest BCUT2D eigenvalue weighted by Gasteiger charge is -2.34. The Balaban J connectivity index is 1.60. The van der Waals surface area contributed by atoms with Gasteiger partial charge >= 0.3 is 0 Å². The molecule has 3 rings (SSSR count). The normalized spacial score (nSPS) is 15.3. The van der Waals surface area contributed by atoms with E-state index in [0.717, 1.165) is 19.6 Å². The highest BCUT2D eigenvalue weighted by Gasteiger charge is 2.23. The van der Waals surface area contributed by atoms with Crippen LogP contribution in [0.15, 0.2) is 42.5 Å². The number of carbonyl (C=O) groups is 1. The number of pyridine rings is 1. The van der Waals surface area contributed by atoms with Gasteiger partial charge in [0.15, 0.2) is 0 Å². The Kier molecular flexibility index (Phi) is 5.33. The van der Waals surface area contributed by atoms with Gasteiger partial charge in [0.1, 0.15) is 5.15 Å². The van der Waals surface area contributed by atoms with Gasteiger partial charge in [-0.2, -0.15) is 0 Å². The molecule has 0 saturated carbocycles. The average molecular weight is 346 g/mol. The van der Waals surface area contributed by atoms with Crippen molar-refractivity contribution < 1.29 is 9.53 Å². The summed E-state index contributed by atoms with van der Waals surface area (Å²) in [6.45, 7) is 4.03. The maximum absolute atomic E-state index is 12.7. The van der Waals surface area contributed by atoms with Gasteiger partial charge < -0.3 is 9.64 Å². The Bertz CT molecular complexity index is 701. The molecule has 1 aromatic heterocycles. The molecule has 0 unspecified atom stereocenters. The lowest BCUT2D eigenvalue weighted by molar-refractivity contribution is 0.0628. The molecule has 1 aliphatic heterocycles. The second kappa shape index (κ2) is 7.64. The number of hydrogen-bond donors (Lipinski definition) is 0. The summed E-state index contributed by atoms with van der Waals surface area (Å²) < 4.78 is 5.08. The maximum atomic E-state index is 12.7. The molecule has 1 amide bonds. The third kappa shape index (κ3) is 4.04. The summed E-state index contributed by atoms with van der Waals surface area (Å²) in [6, 6.07) is 13.6. The molecule has 6 heteroatoms. The van der Waals surface area contributed by atoms with Crippen molar-refractivity contribution in [1.82, 2.24) is 14.8 Å². The zero-order valence-corrected chi connectivity index (χ0v) is 14.4. The Morgan fingerprint density at radius 3 is 2.54 bits per heavy atom. The summed E-state index contributed by atoms with van der Waals surface area (Å²) in [6.07, 6.45) is 0. The SMILES string of the molecule is COc1cc(C(=O)N2CCN(Cc3ccccc3)CC2)cc(Cl)n1. The molecule has 1 aliphatic rings. The van der Waals surface area contributed by atoms with E-state index in [2.05, 4.69) is 34.1 Å². The second-order valence-corrected chi connectivity index (χ2v) is 6.16. The molecular formula is C18H20ClN3O2. The molecule has 126 valence electrons. The van der Waals surface area contributed by atoms with Crippen LogP contribution in [0.4, 0.5) is 0 Å². The van der Waals surface area contributed by atoms with Crippen LogP contribution in [0.1, 0.15) is 15.9 Å². The van der Waals surface area contributed by atoms with Crippen LogP contribution in [0.25, 0.3) is 0 Å². The third-order valence-corrected chi connectivity index (χ3v) is 4.33. The monoisotopic (exact) mass is 345 g/mol. The fraction of sp³-hybridized carbons (Fsp3) is 0.333. The van der Waals surface area contributed by atoms with Gasteiger partial charge in [0.05, 0.1) is 7.11 Å². The highest BCUT2D eigenvalue weighted by molar-refractivity contribution is 6.29. The summed E-state index contributed by atoms with van der Waals surface area (Å²) in [4.78, 5) is 20.9. The van der Waals surface area contributed by atoms with Crippen molar-refractivity contribution in [3.63, 3.8) is 0 Å². The van der Waals surface area contributed by atoms with Crippen LogP contribution in [0.5, 0.6) is 5.88 Å². The molecule has 2 aromatic rings. The van der Waals surface area contributed by atoms with Crippen molar-refractivity contribution in [2.75, 3.05) is 33.3 Å². The zero-order valence-electron chi connectivity index (χ0n) is 13.6. The lowest BCUT2D eigenvalue weighted by atomic mass is 10.2. The molecule has 1 saturated heterocycles. The van der Waals surface area contributed by atoms with Crippen molar-refractivity contribution in [2.45, 2.75) is 6.54 Å². The van der Waals surface area contributed by atoms with E-state index in [0.29, 0.717) is 24.5 Å². The van der Waals surface area contributed by atoms with Crippen molar-refractivity contribution in [2.24, 2.45) is 0 Å². The second-order valence-electron chi connectivity index (χ2n) is 5.77. The summed E-state index contributed by atoms with van der Waals surface area (Å²) in [5.41, 5.74) is 1.81. The van der Waals surface area contributed by atoms with Crippen LogP contribution in [-0.2, 0) is 6.54 Å². The fourth-order valence-corrected chi connectivity index (χ4v) is 3.03. The van der Waals surface area contributed by atoms with Crippen molar-refractivity contribution >= 4 is 17.5 Å². The van der Waals surface area contributed by atoms with Crippen LogP contribution >= 0.6 is 11.6 Å². The van der Waals surface area contributed by atoms with Gasteiger partial charge in [-0.05, 0) is 11.6 Å². The van der Waals surface area contributed by atoms with Crippen molar-refractivity contribution in [3.8, 4) is 5.88 Å². The van der Waals surface area contributed by atoms with Gasteiger partial charge in [-0.15, -0.1) is 0 Å². The van der Waals surface area contributed by atoms with Crippen LogP contribution in [0.2, 0.25) is 5.15 Å². The molecule has 1 aromatic carbocycles. The van der Waals surface area contributed by atoms with Crippen molar-refractivity contribution in [1.29, 1.82) is 0 Å². The number of methoxy groups -OCH3 is 1. The molecular weight excluding hydrogens is 326 g/mol. The van der Waals surface area contributed by atoms with Gasteiger partial charge in [0.25, 0.3) is 5.91 Å². The summed E-state index contributed by atoms with van der Waals surface area (Å²) >= 11 is 5.96. The molecule has 24 heavy (non-hydrogen) atoms. The highest BCUT2D eigenvalue weighted by atomic mass is 35.5. The van der Waals surface area contributed by atoms with E-state index >= 15 is 0 Å². The number of nitrogens with zero attached hydrogens (tertiary/aromatic N) is 3. The predicted octanol–water partition coefficient (Wildman–Crippen LogP) is 2.70. The van der Waals surface area contributed by atoms with E-state index in [-0.39, 0.29) is 11.1 Å². The molecule has 0 radical (unpaired) electrons. The van der Waals surface area contributed by atoms with Crippen LogP contribution in [0, 0.1) is 0 Å². The predicted molar refractivity (Wildman–Crippen MR) is 93.4 cm³/mol. The third-order valence-electron chi connectivity index (χ3n) is 4.14. The summed E-state index contributed by atoms with van der Waals surface area (Å²) in [7, 11) is 1.51. The molecule has 0 atom stereocenters. The number of hydrogen-bond acceptors (Lipinski definition) is 4. The minimum absolute atomic E-state index is 0.0306. The van der Waals surface area contributed by atoms with Gasteiger partial charge in [-0.25, -0.2) is 4.98 Å². The quantitative estimate of drug-likeness (QED) is 0.799. The van der Waals surface area contributed by atoms with Crippen molar-refractivity contribution in [3.05, 3.63) is 58.7 Å². The molecule has 0 N–H and O–H groups in total. The number of carbonyl (C=O) groups excluding carboxylic acids is 1. The number of piperazine rings is 1. The van der Waals surface area contributed by atoms with Gasteiger partial charge in [-0.3, -0.25) is 9.69 Å². The first-order chi connectivity index (χ1) is 11.7. The zero-order chi connectivity index (χ0) is 16.9. The van der Waals surface area contributed by atoms with E-state index < -0.39 is 0 Å². The number of amides is 1. The average Bonchev–Trinajstić information content (AvgIpc) is 2.62. The maximum Gasteiger partial charge on any atom is 0.254 e. The molecule has 5 nitrogen and oxygen atoms in total. The Morgan fingerprint density at radius 2 is 1.88 bits per heavy atom. The van der Waals surface area contributed by atoms with Gasteiger partial charge in [0.2, 0.25) is 5.88 Å². The van der Waals surface area contributed by atoms with Crippen LogP contribution in [-0.4, -0.2) is 54.0 Å². The first-order valence-electron chi connectivity index (χ1n) is 7.93. The number of halogens is 1. The Morgan fingerprint density at radius 1 is 1.17 bits per heavy atom. The Labute approximate surface area is 146 Å². The minimum Gasteiger partial charge on any atom is -0.481 e. The number of benzene rings is 1. The summed E-state index contributed by atoms with van der Waals surface area (Å²) in [5, 5.41) is 0.264. The first kappa shape index (κ1) is 16.7. The Hall–Kier alpha value is -2.11. The summed E-state index contributed by atoms with van der Waals surface area (Å²) in [5.74, 6) is 0.325. The van der Waals surface area contributed by atoms with E-state index in [1.807, 2.05) is 11.0 Å². The largest absolute Gasteiger partial charge is 0.481 e. The molecule has 0 aliphatic carbocycles. The van der Waals surface area contributed by atoms with Gasteiger partial charge in [0, 0.05) is 44.4 Å². The number of aromatic nitrogens is 1. The standard InChI is InChI=1S/C18H20ClN3O2/c1-24-17-12-15(11-16(19)20-17)18(23)22-9-7-21(8-10-22)13-14-5-3-2-4-6-14/h2-6,11-12H,7-10,13H2,1H3. The molecule has 2 heterocycles. The lowest BCUT2D eigenvalue weighted by Crippen LogP contribution is -2.48. The molecule has 1 fully saturated rings. The minimum atomic E-state index is -0.0306. The fourth-order valence-electron chi connectivity index (χ4n) is 2.83. The van der Waals surface area contributed by atoms with E-state index in [9.17, 15) is 4.79 Å². The number of ether oxygens (including phenoxy) is 1. The smallest absolute Gasteiger partial charge is 0.254 e. The number of rotatable bonds is 4. The molecule has 0 spiro atoms. The van der Waals surface area contributed by atoms with Crippen LogP contribution < -0.4 is 4.74 Å². The van der Waals surface area contributed by atoms with E-state index in [1.54, 1.807) is 12.1 Å². The topological polar surface area (TPSA) is 45.7 Å². The van der Waals surface area contributed by atoms with Crippen LogP contribution in [0.3, 0.4) is 0 Å². The molecule has 0 bridgehead atoms. The first-order valence-corrected chi connectivity index (χ1v) is 8.30. The van der Waals surface area contributed by atoms with E-state index in [4.69, 9.17) is 16.3 Å².